The summed E-state index contributed by atoms with van der Waals surface area (Å²) in [5.74, 6) is -0.300. The molecule has 2 aliphatic rings. The van der Waals surface area contributed by atoms with Crippen LogP contribution < -0.4 is 15.4 Å². The number of nitrogens with zero attached hydrogens (tertiary/aromatic N) is 2. The molecule has 2 atom stereocenters. The first-order valence-electron chi connectivity index (χ1n) is 8.19. The highest BCUT2D eigenvalue weighted by Crippen LogP contribution is 2.18. The Hall–Kier alpha value is -3.12. The summed E-state index contributed by atoms with van der Waals surface area (Å²) >= 11 is 0. The van der Waals surface area contributed by atoms with Crippen LogP contribution in [-0.4, -0.2) is 61.2 Å². The SMILES string of the molecule is N#Cc1ccc(O[C@@H]2COCC[C@H]2NC(=O)CN2C(=O)CNC2=O)cc1. The number of amides is 4. The molecule has 136 valence electrons. The van der Waals surface area contributed by atoms with Crippen LogP contribution in [0, 0.1) is 11.3 Å². The number of imide groups is 1. The highest BCUT2D eigenvalue weighted by molar-refractivity contribution is 6.04. The minimum Gasteiger partial charge on any atom is -0.486 e. The van der Waals surface area contributed by atoms with Crippen LogP contribution >= 0.6 is 0 Å². The van der Waals surface area contributed by atoms with E-state index in [1.807, 2.05) is 6.07 Å². The molecule has 1 aromatic carbocycles. The predicted molar refractivity (Wildman–Crippen MR) is 88.1 cm³/mol. The van der Waals surface area contributed by atoms with Gasteiger partial charge >= 0.3 is 6.03 Å². The normalized spacial score (nSPS) is 22.5. The number of carbonyl (C=O) groups excluding carboxylic acids is 3. The van der Waals surface area contributed by atoms with Crippen molar-refractivity contribution in [2.45, 2.75) is 18.6 Å². The van der Waals surface area contributed by atoms with Crippen LogP contribution in [0.1, 0.15) is 12.0 Å². The number of nitriles is 1. The molecule has 2 aliphatic heterocycles. The summed E-state index contributed by atoms with van der Waals surface area (Å²) in [5, 5.41) is 14.0. The molecule has 0 saturated carbocycles. The van der Waals surface area contributed by atoms with Crippen molar-refractivity contribution in [3.63, 3.8) is 0 Å². The smallest absolute Gasteiger partial charge is 0.325 e. The molecular weight excluding hydrogens is 340 g/mol. The first-order chi connectivity index (χ1) is 12.6. The van der Waals surface area contributed by atoms with Crippen LogP contribution in [0.25, 0.3) is 0 Å². The largest absolute Gasteiger partial charge is 0.486 e. The van der Waals surface area contributed by atoms with Gasteiger partial charge in [0.05, 0.1) is 30.8 Å². The summed E-state index contributed by atoms with van der Waals surface area (Å²) < 4.78 is 11.3. The van der Waals surface area contributed by atoms with Gasteiger partial charge in [-0.25, -0.2) is 4.79 Å². The Kier molecular flexibility index (Phi) is 5.34. The first kappa shape index (κ1) is 17.7. The van der Waals surface area contributed by atoms with Gasteiger partial charge in [-0.1, -0.05) is 0 Å². The highest BCUT2D eigenvalue weighted by Gasteiger charge is 2.33. The molecule has 9 nitrogen and oxygen atoms in total. The maximum absolute atomic E-state index is 12.2. The molecule has 3 rings (SSSR count). The van der Waals surface area contributed by atoms with Gasteiger partial charge < -0.3 is 20.1 Å². The molecule has 2 fully saturated rings. The number of benzene rings is 1. The molecule has 0 aliphatic carbocycles. The summed E-state index contributed by atoms with van der Waals surface area (Å²) in [6.07, 6.45) is 0.135. The van der Waals surface area contributed by atoms with E-state index >= 15 is 0 Å². The number of urea groups is 1. The standard InChI is InChI=1S/C17H18N4O5/c18-7-11-1-3-12(4-2-11)26-14-10-25-6-5-13(14)20-15(22)9-21-16(23)8-19-17(21)24/h1-4,13-14H,5-6,8-10H2,(H,19,24)(H,20,22)/t13-,14-/m1/s1. The molecule has 0 spiro atoms. The predicted octanol–water partition coefficient (Wildman–Crippen LogP) is -0.237. The number of carbonyl (C=O) groups is 3. The van der Waals surface area contributed by atoms with Crippen molar-refractivity contribution in [3.8, 4) is 11.8 Å². The zero-order chi connectivity index (χ0) is 18.5. The lowest BCUT2D eigenvalue weighted by Gasteiger charge is -2.32. The van der Waals surface area contributed by atoms with Crippen molar-refractivity contribution in [1.29, 1.82) is 5.26 Å². The average molecular weight is 358 g/mol. The molecule has 9 heteroatoms. The Morgan fingerprint density at radius 3 is 2.81 bits per heavy atom. The van der Waals surface area contributed by atoms with Gasteiger partial charge in [-0.15, -0.1) is 0 Å². The van der Waals surface area contributed by atoms with Gasteiger partial charge in [0.15, 0.2) is 0 Å². The van der Waals surface area contributed by atoms with Crippen LogP contribution in [0.15, 0.2) is 24.3 Å². The Morgan fingerprint density at radius 2 is 2.15 bits per heavy atom. The van der Waals surface area contributed by atoms with Crippen molar-refractivity contribution in [1.82, 2.24) is 15.5 Å². The zero-order valence-electron chi connectivity index (χ0n) is 13.9. The number of nitrogens with one attached hydrogen (secondary N) is 2. The van der Waals surface area contributed by atoms with Gasteiger partial charge in [-0.3, -0.25) is 14.5 Å². The molecule has 0 aromatic heterocycles. The van der Waals surface area contributed by atoms with Crippen molar-refractivity contribution < 1.29 is 23.9 Å². The van der Waals surface area contributed by atoms with E-state index in [1.165, 1.54) is 0 Å². The molecule has 0 bridgehead atoms. The van der Waals surface area contributed by atoms with Gasteiger partial charge in [-0.05, 0) is 30.7 Å². The first-order valence-corrected chi connectivity index (χ1v) is 8.19. The Balaban J connectivity index is 1.59. The molecule has 1 aromatic rings. The minimum atomic E-state index is -0.567. The number of rotatable bonds is 5. The van der Waals surface area contributed by atoms with E-state index in [0.717, 1.165) is 4.90 Å². The highest BCUT2D eigenvalue weighted by atomic mass is 16.5. The van der Waals surface area contributed by atoms with E-state index in [2.05, 4.69) is 10.6 Å². The van der Waals surface area contributed by atoms with Crippen molar-refractivity contribution >= 4 is 17.8 Å². The van der Waals surface area contributed by atoms with Crippen molar-refractivity contribution in [2.75, 3.05) is 26.3 Å². The Labute approximate surface area is 149 Å². The van der Waals surface area contributed by atoms with Crippen LogP contribution in [-0.2, 0) is 14.3 Å². The fourth-order valence-corrected chi connectivity index (χ4v) is 2.79. The van der Waals surface area contributed by atoms with Crippen molar-refractivity contribution in [2.24, 2.45) is 0 Å². The van der Waals surface area contributed by atoms with E-state index in [9.17, 15) is 14.4 Å². The van der Waals surface area contributed by atoms with Gasteiger partial charge in [0, 0.05) is 6.61 Å². The van der Waals surface area contributed by atoms with E-state index in [4.69, 9.17) is 14.7 Å². The van der Waals surface area contributed by atoms with Gasteiger partial charge in [0.2, 0.25) is 5.91 Å². The maximum atomic E-state index is 12.2. The summed E-state index contributed by atoms with van der Waals surface area (Å²) in [5.41, 5.74) is 0.524. The molecule has 2 saturated heterocycles. The summed E-state index contributed by atoms with van der Waals surface area (Å²) in [7, 11) is 0. The fraction of sp³-hybridized carbons (Fsp3) is 0.412. The van der Waals surface area contributed by atoms with Crippen LogP contribution in [0.5, 0.6) is 5.75 Å². The lowest BCUT2D eigenvalue weighted by atomic mass is 10.1. The minimum absolute atomic E-state index is 0.0895. The number of hydrogen-bond acceptors (Lipinski definition) is 6. The van der Waals surface area contributed by atoms with E-state index in [1.54, 1.807) is 24.3 Å². The lowest BCUT2D eigenvalue weighted by molar-refractivity contribution is -0.131. The van der Waals surface area contributed by atoms with Gasteiger partial charge in [0.1, 0.15) is 18.4 Å². The van der Waals surface area contributed by atoms with Crippen molar-refractivity contribution in [3.05, 3.63) is 29.8 Å². The second-order valence-corrected chi connectivity index (χ2v) is 5.97. The number of hydrogen-bond donors (Lipinski definition) is 2. The average Bonchev–Trinajstić information content (AvgIpc) is 2.96. The molecule has 2 N–H and O–H groups in total. The summed E-state index contributed by atoms with van der Waals surface area (Å²) in [4.78, 5) is 36.2. The van der Waals surface area contributed by atoms with Crippen LogP contribution in [0.3, 0.4) is 0 Å². The zero-order valence-corrected chi connectivity index (χ0v) is 13.9. The monoisotopic (exact) mass is 358 g/mol. The summed E-state index contributed by atoms with van der Waals surface area (Å²) in [6, 6.07) is 7.80. The molecule has 0 unspecified atom stereocenters. The Bertz CT molecular complexity index is 727. The van der Waals surface area contributed by atoms with Crippen LogP contribution in [0.2, 0.25) is 0 Å². The third-order valence-corrected chi connectivity index (χ3v) is 4.16. The van der Waals surface area contributed by atoms with E-state index < -0.39 is 23.9 Å². The van der Waals surface area contributed by atoms with Gasteiger partial charge in [-0.2, -0.15) is 5.26 Å². The molecule has 26 heavy (non-hydrogen) atoms. The third kappa shape index (κ3) is 4.10. The second kappa shape index (κ2) is 7.84. The van der Waals surface area contributed by atoms with Crippen LogP contribution in [0.4, 0.5) is 4.79 Å². The number of ether oxygens (including phenoxy) is 2. The maximum Gasteiger partial charge on any atom is 0.325 e. The molecule has 4 amide bonds. The second-order valence-electron chi connectivity index (χ2n) is 5.97. The van der Waals surface area contributed by atoms with E-state index in [-0.39, 0.29) is 19.1 Å². The van der Waals surface area contributed by atoms with E-state index in [0.29, 0.717) is 30.9 Å². The summed E-state index contributed by atoms with van der Waals surface area (Å²) in [6.45, 7) is 0.356. The fourth-order valence-electron chi connectivity index (χ4n) is 2.79. The molecule has 2 heterocycles. The molecular formula is C17H18N4O5. The topological polar surface area (TPSA) is 121 Å². The molecule has 0 radical (unpaired) electrons. The van der Waals surface area contributed by atoms with Gasteiger partial charge in [0.25, 0.3) is 5.91 Å². The lowest BCUT2D eigenvalue weighted by Crippen LogP contribution is -2.53. The third-order valence-electron chi connectivity index (χ3n) is 4.16. The Morgan fingerprint density at radius 1 is 1.38 bits per heavy atom. The quantitative estimate of drug-likeness (QED) is 0.701.